The van der Waals surface area contributed by atoms with Crippen LogP contribution in [0.4, 0.5) is 5.69 Å². The number of carbonyl (C=O) groups excluding carboxylic acids is 1. The van der Waals surface area contributed by atoms with Crippen molar-refractivity contribution in [2.24, 2.45) is 0 Å². The number of sulfonamides is 1. The Morgan fingerprint density at radius 3 is 2.32 bits per heavy atom. The SMILES string of the molecule is CON(C)C(=O)[C@@H](Cl)[C@@H](NS(=O)(=O)c1ccccc1[N+](=O)[O-])c1ccccc1. The minimum Gasteiger partial charge on any atom is -0.275 e. The van der Waals surface area contributed by atoms with Gasteiger partial charge >= 0.3 is 0 Å². The van der Waals surface area contributed by atoms with Crippen molar-refractivity contribution < 1.29 is 23.0 Å². The van der Waals surface area contributed by atoms with E-state index >= 15 is 0 Å². The third-order valence-electron chi connectivity index (χ3n) is 3.91. The number of para-hydroxylation sites is 1. The van der Waals surface area contributed by atoms with Crippen LogP contribution >= 0.6 is 11.6 Å². The van der Waals surface area contributed by atoms with Crippen LogP contribution in [0.15, 0.2) is 59.5 Å². The Hall–Kier alpha value is -2.53. The summed E-state index contributed by atoms with van der Waals surface area (Å²) in [7, 11) is -1.79. The number of amides is 1. The van der Waals surface area contributed by atoms with Crippen LogP contribution in [-0.2, 0) is 19.7 Å². The predicted octanol–water partition coefficient (Wildman–Crippen LogP) is 2.24. The van der Waals surface area contributed by atoms with E-state index in [9.17, 15) is 23.3 Å². The Balaban J connectivity index is 2.48. The largest absolute Gasteiger partial charge is 0.289 e. The van der Waals surface area contributed by atoms with Gasteiger partial charge in [0.1, 0.15) is 5.38 Å². The second-order valence-electron chi connectivity index (χ2n) is 5.65. The van der Waals surface area contributed by atoms with E-state index in [-0.39, 0.29) is 0 Å². The zero-order chi connectivity index (χ0) is 20.9. The number of halogens is 1. The molecule has 9 nitrogen and oxygen atoms in total. The number of hydroxylamine groups is 2. The van der Waals surface area contributed by atoms with Crippen molar-refractivity contribution >= 4 is 33.2 Å². The summed E-state index contributed by atoms with van der Waals surface area (Å²) in [6, 6.07) is 11.9. The van der Waals surface area contributed by atoms with E-state index in [1.165, 1.54) is 26.3 Å². The Kier molecular flexibility index (Phi) is 7.08. The summed E-state index contributed by atoms with van der Waals surface area (Å²) >= 11 is 6.27. The molecule has 2 aromatic rings. The van der Waals surface area contributed by atoms with Crippen LogP contribution in [0.2, 0.25) is 0 Å². The lowest BCUT2D eigenvalue weighted by molar-refractivity contribution is -0.387. The van der Waals surface area contributed by atoms with Crippen LogP contribution < -0.4 is 4.72 Å². The van der Waals surface area contributed by atoms with E-state index in [2.05, 4.69) is 4.72 Å². The highest BCUT2D eigenvalue weighted by Crippen LogP contribution is 2.28. The molecule has 0 saturated carbocycles. The lowest BCUT2D eigenvalue weighted by atomic mass is 10.0. The van der Waals surface area contributed by atoms with Gasteiger partial charge < -0.3 is 0 Å². The molecule has 0 bridgehead atoms. The molecule has 2 atom stereocenters. The molecule has 0 fully saturated rings. The summed E-state index contributed by atoms with van der Waals surface area (Å²) < 4.78 is 28.1. The van der Waals surface area contributed by atoms with Gasteiger partial charge in [-0.15, -0.1) is 11.6 Å². The Morgan fingerprint density at radius 1 is 1.18 bits per heavy atom. The third kappa shape index (κ3) is 4.84. The fourth-order valence-electron chi connectivity index (χ4n) is 2.43. The summed E-state index contributed by atoms with van der Waals surface area (Å²) in [5.74, 6) is -0.691. The van der Waals surface area contributed by atoms with Crippen molar-refractivity contribution in [3.8, 4) is 0 Å². The zero-order valence-corrected chi connectivity index (χ0v) is 16.6. The summed E-state index contributed by atoms with van der Waals surface area (Å²) in [6.07, 6.45) is 0. The van der Waals surface area contributed by atoms with Crippen LogP contribution in [0, 0.1) is 10.1 Å². The number of carbonyl (C=O) groups is 1. The molecule has 1 N–H and O–H groups in total. The quantitative estimate of drug-likeness (QED) is 0.392. The molecular formula is C17H18ClN3O6S. The first-order chi connectivity index (χ1) is 13.2. The van der Waals surface area contributed by atoms with Crippen molar-refractivity contribution in [2.45, 2.75) is 16.3 Å². The number of nitrogens with zero attached hydrogens (tertiary/aromatic N) is 2. The van der Waals surface area contributed by atoms with Gasteiger partial charge in [0.25, 0.3) is 11.6 Å². The first kappa shape index (κ1) is 21.8. The molecule has 11 heteroatoms. The molecule has 28 heavy (non-hydrogen) atoms. The number of alkyl halides is 1. The fourth-order valence-corrected chi connectivity index (χ4v) is 4.26. The van der Waals surface area contributed by atoms with E-state index in [1.54, 1.807) is 30.3 Å². The van der Waals surface area contributed by atoms with E-state index in [0.717, 1.165) is 17.2 Å². The Morgan fingerprint density at radius 2 is 1.75 bits per heavy atom. The molecule has 2 aromatic carbocycles. The van der Waals surface area contributed by atoms with Crippen LogP contribution in [0.3, 0.4) is 0 Å². The number of nitrogens with one attached hydrogen (secondary N) is 1. The molecule has 0 radical (unpaired) electrons. The summed E-state index contributed by atoms with van der Waals surface area (Å²) in [5, 5.41) is 10.7. The molecule has 2 rings (SSSR count). The van der Waals surface area contributed by atoms with Gasteiger partial charge in [-0.3, -0.25) is 19.7 Å². The van der Waals surface area contributed by atoms with Crippen molar-refractivity contribution in [3.63, 3.8) is 0 Å². The Labute approximate surface area is 167 Å². The fraction of sp³-hybridized carbons (Fsp3) is 0.235. The molecule has 0 aliphatic rings. The highest BCUT2D eigenvalue weighted by Gasteiger charge is 2.35. The molecule has 0 aliphatic carbocycles. The van der Waals surface area contributed by atoms with Crippen molar-refractivity contribution in [1.29, 1.82) is 0 Å². The molecule has 0 spiro atoms. The number of rotatable bonds is 8. The highest BCUT2D eigenvalue weighted by atomic mass is 35.5. The summed E-state index contributed by atoms with van der Waals surface area (Å²) in [6.45, 7) is 0. The second kappa shape index (κ2) is 9.11. The number of nitro benzene ring substituents is 1. The van der Waals surface area contributed by atoms with Gasteiger partial charge in [-0.2, -0.15) is 0 Å². The molecule has 0 saturated heterocycles. The van der Waals surface area contributed by atoms with Gasteiger partial charge in [0.05, 0.1) is 18.1 Å². The topological polar surface area (TPSA) is 119 Å². The van der Waals surface area contributed by atoms with E-state index in [0.29, 0.717) is 5.56 Å². The minimum absolute atomic E-state index is 0.405. The number of benzene rings is 2. The number of nitro groups is 1. The molecule has 0 aromatic heterocycles. The standard InChI is InChI=1S/C17H18ClN3O6S/c1-20(27-2)17(22)15(18)16(12-8-4-3-5-9-12)19-28(25,26)14-11-7-6-10-13(14)21(23)24/h3-11,15-16,19H,1-2H3/t15-,16-/m0/s1. The maximum Gasteiger partial charge on any atom is 0.289 e. The van der Waals surface area contributed by atoms with E-state index in [4.69, 9.17) is 16.4 Å². The molecule has 150 valence electrons. The van der Waals surface area contributed by atoms with Gasteiger partial charge in [0.15, 0.2) is 4.90 Å². The smallest absolute Gasteiger partial charge is 0.275 e. The van der Waals surface area contributed by atoms with Crippen LogP contribution in [0.1, 0.15) is 11.6 Å². The predicted molar refractivity (Wildman–Crippen MR) is 102 cm³/mol. The first-order valence-corrected chi connectivity index (χ1v) is 9.87. The van der Waals surface area contributed by atoms with Crippen LogP contribution in [0.5, 0.6) is 0 Å². The number of hydrogen-bond acceptors (Lipinski definition) is 6. The molecular weight excluding hydrogens is 410 g/mol. The zero-order valence-electron chi connectivity index (χ0n) is 15.0. The van der Waals surface area contributed by atoms with Gasteiger partial charge in [-0.1, -0.05) is 42.5 Å². The lowest BCUT2D eigenvalue weighted by Crippen LogP contribution is -2.42. The van der Waals surface area contributed by atoms with E-state index < -0.39 is 42.9 Å². The average molecular weight is 428 g/mol. The van der Waals surface area contributed by atoms with Gasteiger partial charge in [-0.05, 0) is 11.6 Å². The van der Waals surface area contributed by atoms with Crippen molar-refractivity contribution in [3.05, 3.63) is 70.3 Å². The molecule has 0 aliphatic heterocycles. The van der Waals surface area contributed by atoms with Gasteiger partial charge in [0.2, 0.25) is 10.0 Å². The van der Waals surface area contributed by atoms with Gasteiger partial charge in [-0.25, -0.2) is 18.2 Å². The van der Waals surface area contributed by atoms with Crippen molar-refractivity contribution in [1.82, 2.24) is 9.79 Å². The number of hydrogen-bond donors (Lipinski definition) is 1. The van der Waals surface area contributed by atoms with Gasteiger partial charge in [0, 0.05) is 13.1 Å². The lowest BCUT2D eigenvalue weighted by Gasteiger charge is -2.26. The average Bonchev–Trinajstić information content (AvgIpc) is 2.71. The highest BCUT2D eigenvalue weighted by molar-refractivity contribution is 7.89. The second-order valence-corrected chi connectivity index (χ2v) is 7.81. The molecule has 0 heterocycles. The molecule has 0 unspecified atom stereocenters. The van der Waals surface area contributed by atoms with E-state index in [1.807, 2.05) is 0 Å². The van der Waals surface area contributed by atoms with Crippen molar-refractivity contribution in [2.75, 3.05) is 14.2 Å². The molecule has 1 amide bonds. The third-order valence-corrected chi connectivity index (χ3v) is 5.83. The monoisotopic (exact) mass is 427 g/mol. The minimum atomic E-state index is -4.38. The maximum atomic E-state index is 12.9. The van der Waals surface area contributed by atoms with Crippen LogP contribution in [-0.4, -0.2) is 43.8 Å². The Bertz CT molecular complexity index is 954. The first-order valence-electron chi connectivity index (χ1n) is 7.95. The maximum absolute atomic E-state index is 12.9. The van der Waals surface area contributed by atoms with Crippen LogP contribution in [0.25, 0.3) is 0 Å². The summed E-state index contributed by atoms with van der Waals surface area (Å²) in [5.41, 5.74) is -0.184. The summed E-state index contributed by atoms with van der Waals surface area (Å²) in [4.78, 5) is 27.1. The normalized spacial score (nSPS) is 13.5.